The molecular formula is C18H13ClN2OS. The lowest BCUT2D eigenvalue weighted by atomic mass is 10.1. The summed E-state index contributed by atoms with van der Waals surface area (Å²) in [7, 11) is 0. The van der Waals surface area contributed by atoms with Crippen molar-refractivity contribution in [3.8, 4) is 6.07 Å². The smallest absolute Gasteiger partial charge is 0.263 e. The average molecular weight is 341 g/mol. The van der Waals surface area contributed by atoms with Gasteiger partial charge in [0, 0.05) is 10.1 Å². The molecule has 1 atom stereocenters. The van der Waals surface area contributed by atoms with E-state index in [-0.39, 0.29) is 11.9 Å². The fraction of sp³-hybridized carbons (Fsp3) is 0.111. The Bertz CT molecular complexity index is 909. The van der Waals surface area contributed by atoms with Crippen molar-refractivity contribution in [2.45, 2.75) is 13.0 Å². The third-order valence-corrected chi connectivity index (χ3v) is 5.30. The molecule has 1 N–H and O–H groups in total. The molecule has 0 aliphatic rings. The minimum atomic E-state index is -0.187. The number of fused-ring (bicyclic) bond motifs is 1. The lowest BCUT2D eigenvalue weighted by Gasteiger charge is -2.14. The van der Waals surface area contributed by atoms with Crippen LogP contribution >= 0.6 is 22.9 Å². The summed E-state index contributed by atoms with van der Waals surface area (Å²) < 4.78 is 0.994. The van der Waals surface area contributed by atoms with Gasteiger partial charge in [0.1, 0.15) is 4.88 Å². The van der Waals surface area contributed by atoms with Crippen LogP contribution in [0.3, 0.4) is 0 Å². The van der Waals surface area contributed by atoms with Gasteiger partial charge in [0.05, 0.1) is 22.7 Å². The molecule has 0 saturated carbocycles. The van der Waals surface area contributed by atoms with E-state index >= 15 is 0 Å². The molecule has 23 heavy (non-hydrogen) atoms. The Morgan fingerprint density at radius 3 is 2.57 bits per heavy atom. The first-order chi connectivity index (χ1) is 11.1. The van der Waals surface area contributed by atoms with Crippen LogP contribution in [0.25, 0.3) is 10.1 Å². The lowest BCUT2D eigenvalue weighted by Crippen LogP contribution is -2.26. The molecular weight excluding hydrogens is 328 g/mol. The molecule has 2 aromatic carbocycles. The molecule has 1 aromatic heterocycles. The number of amides is 1. The number of hydrogen-bond donors (Lipinski definition) is 1. The maximum absolute atomic E-state index is 12.5. The van der Waals surface area contributed by atoms with Crippen LogP contribution < -0.4 is 5.32 Å². The molecule has 0 aliphatic carbocycles. The Morgan fingerprint density at radius 1 is 1.22 bits per heavy atom. The second-order valence-electron chi connectivity index (χ2n) is 5.17. The monoisotopic (exact) mass is 340 g/mol. The molecule has 5 heteroatoms. The van der Waals surface area contributed by atoms with Gasteiger partial charge in [0.15, 0.2) is 0 Å². The molecule has 0 spiro atoms. The third-order valence-electron chi connectivity index (χ3n) is 3.63. The van der Waals surface area contributed by atoms with Crippen LogP contribution in [0.2, 0.25) is 5.02 Å². The fourth-order valence-electron chi connectivity index (χ4n) is 2.35. The summed E-state index contributed by atoms with van der Waals surface area (Å²) in [5.41, 5.74) is 1.54. The van der Waals surface area contributed by atoms with E-state index in [9.17, 15) is 4.79 Å². The van der Waals surface area contributed by atoms with Gasteiger partial charge in [-0.25, -0.2) is 0 Å². The lowest BCUT2D eigenvalue weighted by molar-refractivity contribution is 0.0944. The topological polar surface area (TPSA) is 52.9 Å². The predicted octanol–water partition coefficient (Wildman–Crippen LogP) is 4.92. The second kappa shape index (κ2) is 6.41. The normalized spacial score (nSPS) is 11.9. The van der Waals surface area contributed by atoms with Crippen LogP contribution in [0, 0.1) is 11.3 Å². The van der Waals surface area contributed by atoms with Crippen molar-refractivity contribution in [3.05, 3.63) is 69.6 Å². The maximum atomic E-state index is 12.5. The predicted molar refractivity (Wildman–Crippen MR) is 93.9 cm³/mol. The second-order valence-corrected chi connectivity index (χ2v) is 6.60. The van der Waals surface area contributed by atoms with Crippen LogP contribution in [0.5, 0.6) is 0 Å². The van der Waals surface area contributed by atoms with Gasteiger partial charge >= 0.3 is 0 Å². The molecule has 1 heterocycles. The van der Waals surface area contributed by atoms with E-state index in [0.29, 0.717) is 15.5 Å². The Morgan fingerprint density at radius 2 is 1.91 bits per heavy atom. The SMILES string of the molecule is CC(NC(=O)c1sc2ccccc2c1Cl)c1ccc(C#N)cc1. The van der Waals surface area contributed by atoms with Crippen molar-refractivity contribution in [2.24, 2.45) is 0 Å². The zero-order valence-electron chi connectivity index (χ0n) is 12.3. The number of nitrogens with one attached hydrogen (secondary N) is 1. The number of benzene rings is 2. The maximum Gasteiger partial charge on any atom is 0.263 e. The molecule has 114 valence electrons. The highest BCUT2D eigenvalue weighted by Crippen LogP contribution is 2.35. The van der Waals surface area contributed by atoms with Gasteiger partial charge in [-0.3, -0.25) is 4.79 Å². The van der Waals surface area contributed by atoms with Crippen molar-refractivity contribution < 1.29 is 4.79 Å². The molecule has 0 radical (unpaired) electrons. The number of carbonyl (C=O) groups is 1. The Labute approximate surface area is 143 Å². The van der Waals surface area contributed by atoms with Gasteiger partial charge in [-0.15, -0.1) is 11.3 Å². The molecule has 0 saturated heterocycles. The van der Waals surface area contributed by atoms with E-state index in [4.69, 9.17) is 16.9 Å². The fourth-order valence-corrected chi connectivity index (χ4v) is 3.77. The number of nitrogens with zero attached hydrogens (tertiary/aromatic N) is 1. The highest BCUT2D eigenvalue weighted by molar-refractivity contribution is 7.21. The van der Waals surface area contributed by atoms with Crippen LogP contribution in [0.15, 0.2) is 48.5 Å². The zero-order chi connectivity index (χ0) is 16.4. The van der Waals surface area contributed by atoms with E-state index in [1.807, 2.05) is 43.3 Å². The van der Waals surface area contributed by atoms with Crippen molar-refractivity contribution in [1.29, 1.82) is 5.26 Å². The van der Waals surface area contributed by atoms with Crippen molar-refractivity contribution in [3.63, 3.8) is 0 Å². The highest BCUT2D eigenvalue weighted by Gasteiger charge is 2.18. The number of hydrogen-bond acceptors (Lipinski definition) is 3. The van der Waals surface area contributed by atoms with Crippen molar-refractivity contribution in [1.82, 2.24) is 5.32 Å². The van der Waals surface area contributed by atoms with E-state index in [1.165, 1.54) is 11.3 Å². The summed E-state index contributed by atoms with van der Waals surface area (Å²) in [4.78, 5) is 13.0. The summed E-state index contributed by atoms with van der Waals surface area (Å²) in [6.07, 6.45) is 0. The van der Waals surface area contributed by atoms with E-state index in [1.54, 1.807) is 12.1 Å². The standard InChI is InChI=1S/C18H13ClN2OS/c1-11(13-8-6-12(10-20)7-9-13)21-18(22)17-16(19)14-4-2-3-5-15(14)23-17/h2-9,11H,1H3,(H,21,22). The number of rotatable bonds is 3. The first kappa shape index (κ1) is 15.5. The third kappa shape index (κ3) is 3.07. The molecule has 0 aliphatic heterocycles. The van der Waals surface area contributed by atoms with Crippen LogP contribution in [-0.2, 0) is 0 Å². The van der Waals surface area contributed by atoms with Crippen LogP contribution in [0.1, 0.15) is 33.8 Å². The molecule has 1 amide bonds. The van der Waals surface area contributed by atoms with E-state index in [0.717, 1.165) is 15.6 Å². The van der Waals surface area contributed by atoms with E-state index < -0.39 is 0 Å². The summed E-state index contributed by atoms with van der Waals surface area (Å²) in [6.45, 7) is 1.90. The van der Waals surface area contributed by atoms with E-state index in [2.05, 4.69) is 11.4 Å². The van der Waals surface area contributed by atoms with Gasteiger partial charge in [-0.2, -0.15) is 5.26 Å². The molecule has 3 aromatic rings. The zero-order valence-corrected chi connectivity index (χ0v) is 13.9. The highest BCUT2D eigenvalue weighted by atomic mass is 35.5. The number of thiophene rings is 1. The quantitative estimate of drug-likeness (QED) is 0.735. The molecule has 3 nitrogen and oxygen atoms in total. The molecule has 1 unspecified atom stereocenters. The number of carbonyl (C=O) groups excluding carboxylic acids is 1. The van der Waals surface area contributed by atoms with Gasteiger partial charge < -0.3 is 5.32 Å². The Kier molecular flexibility index (Phi) is 4.33. The van der Waals surface area contributed by atoms with Crippen LogP contribution in [-0.4, -0.2) is 5.91 Å². The summed E-state index contributed by atoms with van der Waals surface area (Å²) in [5.74, 6) is -0.187. The van der Waals surface area contributed by atoms with Gasteiger partial charge in [0.2, 0.25) is 0 Å². The summed E-state index contributed by atoms with van der Waals surface area (Å²) >= 11 is 7.72. The Balaban J connectivity index is 1.82. The average Bonchev–Trinajstić information content (AvgIpc) is 2.92. The van der Waals surface area contributed by atoms with Crippen molar-refractivity contribution in [2.75, 3.05) is 0 Å². The minimum Gasteiger partial charge on any atom is -0.345 e. The van der Waals surface area contributed by atoms with Gasteiger partial charge in [-0.1, -0.05) is 41.9 Å². The molecule has 0 bridgehead atoms. The summed E-state index contributed by atoms with van der Waals surface area (Å²) in [5, 5.41) is 13.2. The van der Waals surface area contributed by atoms with Crippen molar-refractivity contribution >= 4 is 38.9 Å². The molecule has 0 fully saturated rings. The van der Waals surface area contributed by atoms with Gasteiger partial charge in [-0.05, 0) is 30.7 Å². The Hall–Kier alpha value is -2.35. The van der Waals surface area contributed by atoms with Crippen LogP contribution in [0.4, 0.5) is 0 Å². The number of nitriles is 1. The minimum absolute atomic E-state index is 0.170. The first-order valence-corrected chi connectivity index (χ1v) is 8.27. The first-order valence-electron chi connectivity index (χ1n) is 7.08. The largest absolute Gasteiger partial charge is 0.345 e. The number of halogens is 1. The molecule has 3 rings (SSSR count). The van der Waals surface area contributed by atoms with Gasteiger partial charge in [0.25, 0.3) is 5.91 Å². The summed E-state index contributed by atoms with van der Waals surface area (Å²) in [6, 6.07) is 16.8.